The van der Waals surface area contributed by atoms with Crippen LogP contribution in [0.25, 0.3) is 32.4 Å². The molecule has 4 saturated heterocycles. The van der Waals surface area contributed by atoms with Crippen LogP contribution >= 0.6 is 11.3 Å². The van der Waals surface area contributed by atoms with Crippen LogP contribution in [0.15, 0.2) is 16.9 Å². The number of pyridine rings is 1. The lowest BCUT2D eigenvalue weighted by molar-refractivity contribution is 0.107. The molecule has 7 heterocycles. The SMILES string of the molecule is N#CCCn1c(-c2ccc(F)c3sc(N)nc23)c(F)c2nc(OC[C@@]34CCCN3C[C@H](F)C4)nc(N3CC4CCC(C3)N4)c2c1=O. The smallest absolute Gasteiger partial charge is 0.319 e. The van der Waals surface area contributed by atoms with Crippen molar-refractivity contribution in [1.82, 2.24) is 29.7 Å². The molecule has 4 fully saturated rings. The Morgan fingerprint density at radius 1 is 1.15 bits per heavy atom. The van der Waals surface area contributed by atoms with E-state index in [1.54, 1.807) is 0 Å². The number of anilines is 2. The molecule has 4 atom stereocenters. The van der Waals surface area contributed by atoms with Crippen molar-refractivity contribution < 1.29 is 17.9 Å². The van der Waals surface area contributed by atoms with Crippen LogP contribution < -0.4 is 26.2 Å². The molecule has 4 aromatic rings. The van der Waals surface area contributed by atoms with E-state index in [9.17, 15) is 18.8 Å². The van der Waals surface area contributed by atoms with Gasteiger partial charge in [0.2, 0.25) is 0 Å². The highest BCUT2D eigenvalue weighted by Crippen LogP contribution is 2.41. The van der Waals surface area contributed by atoms with Gasteiger partial charge in [-0.1, -0.05) is 11.3 Å². The summed E-state index contributed by atoms with van der Waals surface area (Å²) < 4.78 is 53.9. The van der Waals surface area contributed by atoms with Gasteiger partial charge >= 0.3 is 6.01 Å². The Bertz CT molecular complexity index is 1970. The van der Waals surface area contributed by atoms with E-state index in [2.05, 4.69) is 20.2 Å². The van der Waals surface area contributed by atoms with Crippen LogP contribution in [-0.4, -0.2) is 81.0 Å². The van der Waals surface area contributed by atoms with Crippen molar-refractivity contribution in [2.24, 2.45) is 0 Å². The minimum atomic E-state index is -0.951. The number of hydrogen-bond donors (Lipinski definition) is 2. The summed E-state index contributed by atoms with van der Waals surface area (Å²) in [7, 11) is 0. The average Bonchev–Trinajstić information content (AvgIpc) is 3.79. The fraction of sp³-hybridized carbons (Fsp3) is 0.516. The van der Waals surface area contributed by atoms with E-state index < -0.39 is 28.9 Å². The van der Waals surface area contributed by atoms with Crippen LogP contribution in [0.1, 0.15) is 38.5 Å². The molecular formula is C31H32F3N9O2S. The largest absolute Gasteiger partial charge is 0.461 e. The Morgan fingerprint density at radius 2 is 1.96 bits per heavy atom. The fourth-order valence-corrected chi connectivity index (χ4v) is 8.75. The van der Waals surface area contributed by atoms with Crippen LogP contribution in [0.3, 0.4) is 0 Å². The number of ether oxygens (including phenoxy) is 1. The van der Waals surface area contributed by atoms with E-state index in [1.807, 2.05) is 11.0 Å². The third-order valence-corrected chi connectivity index (χ3v) is 10.9. The molecule has 8 rings (SSSR count). The summed E-state index contributed by atoms with van der Waals surface area (Å²) in [6.07, 6.45) is 2.95. The second-order valence-electron chi connectivity index (χ2n) is 12.8. The number of aromatic nitrogens is 4. The summed E-state index contributed by atoms with van der Waals surface area (Å²) in [5.41, 5.74) is 4.71. The molecule has 0 amide bonds. The number of nitrogen functional groups attached to an aromatic ring is 1. The van der Waals surface area contributed by atoms with Gasteiger partial charge in [0.1, 0.15) is 35.3 Å². The number of nitriles is 1. The van der Waals surface area contributed by atoms with E-state index in [4.69, 9.17) is 15.5 Å². The molecule has 240 valence electrons. The van der Waals surface area contributed by atoms with Crippen molar-refractivity contribution >= 4 is 43.4 Å². The molecule has 0 saturated carbocycles. The van der Waals surface area contributed by atoms with Crippen LogP contribution in [-0.2, 0) is 6.54 Å². The number of nitrogens with zero attached hydrogens (tertiary/aromatic N) is 7. The van der Waals surface area contributed by atoms with Crippen molar-refractivity contribution in [3.63, 3.8) is 0 Å². The molecule has 2 bridgehead atoms. The molecule has 15 heteroatoms. The number of benzene rings is 1. The topological polar surface area (TPSA) is 138 Å². The van der Waals surface area contributed by atoms with E-state index >= 15 is 4.39 Å². The molecule has 4 aliphatic heterocycles. The summed E-state index contributed by atoms with van der Waals surface area (Å²) in [5, 5.41) is 13.1. The number of nitrogens with two attached hydrogens (primary N) is 1. The van der Waals surface area contributed by atoms with Crippen LogP contribution in [0, 0.1) is 23.0 Å². The molecule has 11 nitrogen and oxygen atoms in total. The molecule has 0 radical (unpaired) electrons. The number of alkyl halides is 1. The first-order valence-electron chi connectivity index (χ1n) is 15.6. The van der Waals surface area contributed by atoms with Crippen molar-refractivity contribution in [1.29, 1.82) is 5.26 Å². The van der Waals surface area contributed by atoms with Gasteiger partial charge in [-0.05, 0) is 44.4 Å². The quantitative estimate of drug-likeness (QED) is 0.304. The van der Waals surface area contributed by atoms with Gasteiger partial charge in [-0.15, -0.1) is 0 Å². The number of nitrogens with one attached hydrogen (secondary N) is 1. The molecule has 0 aliphatic carbocycles. The number of piperazine rings is 1. The molecule has 2 unspecified atom stereocenters. The van der Waals surface area contributed by atoms with Crippen molar-refractivity contribution in [3.8, 4) is 23.3 Å². The van der Waals surface area contributed by atoms with E-state index in [0.717, 1.165) is 43.6 Å². The van der Waals surface area contributed by atoms with Gasteiger partial charge in [0.15, 0.2) is 10.9 Å². The number of rotatable bonds is 7. The first kappa shape index (κ1) is 29.4. The van der Waals surface area contributed by atoms with Gasteiger partial charge in [-0.2, -0.15) is 15.2 Å². The average molecular weight is 652 g/mol. The van der Waals surface area contributed by atoms with Crippen molar-refractivity contribution in [2.75, 3.05) is 43.4 Å². The molecule has 3 aromatic heterocycles. The van der Waals surface area contributed by atoms with Gasteiger partial charge in [-0.3, -0.25) is 9.69 Å². The van der Waals surface area contributed by atoms with Gasteiger partial charge in [0.25, 0.3) is 5.56 Å². The molecular weight excluding hydrogens is 619 g/mol. The second-order valence-corrected chi connectivity index (χ2v) is 13.8. The zero-order valence-corrected chi connectivity index (χ0v) is 25.8. The predicted octanol–water partition coefficient (Wildman–Crippen LogP) is 3.74. The summed E-state index contributed by atoms with van der Waals surface area (Å²) >= 11 is 0.921. The zero-order chi connectivity index (χ0) is 31.7. The van der Waals surface area contributed by atoms with E-state index in [-0.39, 0.29) is 81.0 Å². The lowest BCUT2D eigenvalue weighted by Gasteiger charge is -2.34. The third-order valence-electron chi connectivity index (χ3n) is 9.98. The summed E-state index contributed by atoms with van der Waals surface area (Å²) in [6, 6.07) is 4.85. The number of halogens is 3. The standard InChI is InChI=1S/C31H32F3N9O2S/c32-16-11-31(7-1-9-42(31)12-16)15-45-30-39-24-21(27(40-30)41-13-17-3-4-18(14-41)37-17)28(44)43(10-2-8-35)25(22(24)34)19-5-6-20(33)26-23(19)38-29(36)46-26/h5-6,16-18,37H,1-4,7,9-15H2,(H2,36,38)/t16-,17?,18?,31+/m1/s1. The highest BCUT2D eigenvalue weighted by Gasteiger charge is 2.49. The fourth-order valence-electron chi connectivity index (χ4n) is 7.98. The number of hydrogen-bond acceptors (Lipinski definition) is 11. The summed E-state index contributed by atoms with van der Waals surface area (Å²) in [6.45, 7) is 2.26. The van der Waals surface area contributed by atoms with Crippen LogP contribution in [0.5, 0.6) is 6.01 Å². The highest BCUT2D eigenvalue weighted by molar-refractivity contribution is 7.22. The second kappa shape index (κ2) is 11.1. The molecule has 3 N–H and O–H groups in total. The lowest BCUT2D eigenvalue weighted by atomic mass is 9.95. The van der Waals surface area contributed by atoms with Gasteiger partial charge < -0.3 is 25.3 Å². The number of thiazole rings is 1. The third kappa shape index (κ3) is 4.68. The first-order valence-corrected chi connectivity index (χ1v) is 16.4. The Hall–Kier alpha value is -4.00. The zero-order valence-electron chi connectivity index (χ0n) is 24.9. The van der Waals surface area contributed by atoms with Crippen molar-refractivity contribution in [2.45, 2.75) is 68.9 Å². The summed E-state index contributed by atoms with van der Waals surface area (Å²) in [4.78, 5) is 32.0. The number of fused-ring (bicyclic) bond motifs is 5. The Labute approximate surface area is 265 Å². The Morgan fingerprint density at radius 3 is 2.74 bits per heavy atom. The maximum absolute atomic E-state index is 17.1. The van der Waals surface area contributed by atoms with Gasteiger partial charge in [0, 0.05) is 50.2 Å². The predicted molar refractivity (Wildman–Crippen MR) is 168 cm³/mol. The van der Waals surface area contributed by atoms with E-state index in [1.165, 1.54) is 16.7 Å². The molecule has 1 aromatic carbocycles. The molecule has 4 aliphatic rings. The maximum atomic E-state index is 17.1. The van der Waals surface area contributed by atoms with Crippen molar-refractivity contribution in [3.05, 3.63) is 34.1 Å². The minimum absolute atomic E-state index is 0.0191. The van der Waals surface area contributed by atoms with Gasteiger partial charge in [0.05, 0.1) is 33.9 Å². The normalized spacial score (nSPS) is 25.9. The van der Waals surface area contributed by atoms with E-state index in [0.29, 0.717) is 26.1 Å². The Kier molecular flexibility index (Phi) is 7.07. The van der Waals surface area contributed by atoms with Crippen LogP contribution in [0.4, 0.5) is 24.1 Å². The molecule has 46 heavy (non-hydrogen) atoms. The lowest BCUT2D eigenvalue weighted by Crippen LogP contribution is -2.51. The minimum Gasteiger partial charge on any atom is -0.461 e. The monoisotopic (exact) mass is 651 g/mol. The maximum Gasteiger partial charge on any atom is 0.319 e. The van der Waals surface area contributed by atoms with Gasteiger partial charge in [-0.25, -0.2) is 18.2 Å². The Balaban J connectivity index is 1.33. The molecule has 0 spiro atoms. The first-order chi connectivity index (χ1) is 22.2. The highest BCUT2D eigenvalue weighted by atomic mass is 32.1. The summed E-state index contributed by atoms with van der Waals surface area (Å²) in [5.74, 6) is -1.15. The van der Waals surface area contributed by atoms with Crippen LogP contribution in [0.2, 0.25) is 0 Å².